The lowest BCUT2D eigenvalue weighted by Gasteiger charge is -2.33. The number of pyridine rings is 2. The van der Waals surface area contributed by atoms with Gasteiger partial charge in [-0.3, -0.25) is 14.6 Å². The second-order valence-electron chi connectivity index (χ2n) is 6.36. The number of aromatic nitrogens is 2. The molecule has 0 bridgehead atoms. The van der Waals surface area contributed by atoms with Gasteiger partial charge in [-0.1, -0.05) is 0 Å². The number of carbonyl (C=O) groups excluding carboxylic acids is 2. The number of hydrogen-bond acceptors (Lipinski definition) is 5. The van der Waals surface area contributed by atoms with Gasteiger partial charge in [-0.2, -0.15) is 0 Å². The molecule has 1 aliphatic heterocycles. The fraction of sp³-hybridized carbons (Fsp3) is 0.368. The highest BCUT2D eigenvalue weighted by molar-refractivity contribution is 5.92. The first-order chi connectivity index (χ1) is 12.7. The lowest BCUT2D eigenvalue weighted by molar-refractivity contribution is -0.118. The smallest absolute Gasteiger partial charge is 0.272 e. The van der Waals surface area contributed by atoms with E-state index in [1.54, 1.807) is 41.5 Å². The summed E-state index contributed by atoms with van der Waals surface area (Å²) < 4.78 is 0. The highest BCUT2D eigenvalue weighted by Crippen LogP contribution is 2.16. The second kappa shape index (κ2) is 8.42. The fourth-order valence-corrected chi connectivity index (χ4v) is 2.93. The molecule has 0 aromatic carbocycles. The van der Waals surface area contributed by atoms with Crippen molar-refractivity contribution >= 4 is 18.0 Å². The molecule has 26 heavy (non-hydrogen) atoms. The summed E-state index contributed by atoms with van der Waals surface area (Å²) in [4.78, 5) is 37.3. The Bertz CT molecular complexity index is 727. The molecule has 1 fully saturated rings. The zero-order valence-electron chi connectivity index (χ0n) is 14.9. The molecular weight excluding hydrogens is 330 g/mol. The summed E-state index contributed by atoms with van der Waals surface area (Å²) in [6, 6.07) is 7.60. The van der Waals surface area contributed by atoms with Gasteiger partial charge >= 0.3 is 0 Å². The molecule has 2 aromatic rings. The summed E-state index contributed by atoms with van der Waals surface area (Å²) in [5.74, 6) is -0.0867. The van der Waals surface area contributed by atoms with Gasteiger partial charge in [-0.05, 0) is 36.2 Å². The minimum absolute atomic E-state index is 0.0867. The van der Waals surface area contributed by atoms with Crippen molar-refractivity contribution in [1.82, 2.24) is 19.8 Å². The van der Waals surface area contributed by atoms with Crippen LogP contribution in [0.2, 0.25) is 0 Å². The fourth-order valence-electron chi connectivity index (χ4n) is 2.93. The van der Waals surface area contributed by atoms with E-state index in [4.69, 9.17) is 0 Å². The summed E-state index contributed by atoms with van der Waals surface area (Å²) in [6.45, 7) is 3.60. The molecule has 0 atom stereocenters. The molecule has 0 radical (unpaired) electrons. The van der Waals surface area contributed by atoms with Gasteiger partial charge < -0.3 is 14.7 Å². The van der Waals surface area contributed by atoms with Crippen LogP contribution >= 0.6 is 0 Å². The van der Waals surface area contributed by atoms with Crippen molar-refractivity contribution in [2.45, 2.75) is 6.42 Å². The number of rotatable bonds is 6. The van der Waals surface area contributed by atoms with Gasteiger partial charge in [0.2, 0.25) is 6.41 Å². The maximum absolute atomic E-state index is 12.5. The average molecular weight is 353 g/mol. The highest BCUT2D eigenvalue weighted by Gasteiger charge is 2.17. The van der Waals surface area contributed by atoms with Crippen LogP contribution < -0.4 is 4.90 Å². The third kappa shape index (κ3) is 4.36. The third-order valence-corrected chi connectivity index (χ3v) is 4.63. The molecule has 3 heterocycles. The Morgan fingerprint density at radius 1 is 1.15 bits per heavy atom. The maximum Gasteiger partial charge on any atom is 0.272 e. The second-order valence-corrected chi connectivity index (χ2v) is 6.36. The Morgan fingerprint density at radius 3 is 2.50 bits per heavy atom. The molecular formula is C19H23N5O2. The Morgan fingerprint density at radius 2 is 1.88 bits per heavy atom. The topological polar surface area (TPSA) is 69.6 Å². The molecule has 0 saturated carbocycles. The summed E-state index contributed by atoms with van der Waals surface area (Å²) in [6.07, 6.45) is 6.92. The van der Waals surface area contributed by atoms with E-state index in [-0.39, 0.29) is 5.91 Å². The molecule has 2 aromatic heterocycles. The zero-order chi connectivity index (χ0) is 18.4. The first kappa shape index (κ1) is 17.8. The van der Waals surface area contributed by atoms with Crippen molar-refractivity contribution in [2.24, 2.45) is 0 Å². The van der Waals surface area contributed by atoms with E-state index in [9.17, 15) is 9.59 Å². The lowest BCUT2D eigenvalue weighted by Crippen LogP contribution is -2.45. The standard InChI is InChI=1S/C19H23N5O2/c1-22(9-6-16-4-7-20-8-5-16)19(26)18-3-2-17(14-21-18)24-12-10-23(15-25)11-13-24/h2-5,7-8,14-15H,6,9-13H2,1H3. The van der Waals surface area contributed by atoms with Crippen LogP contribution in [0.15, 0.2) is 42.9 Å². The summed E-state index contributed by atoms with van der Waals surface area (Å²) in [5, 5.41) is 0. The number of likely N-dealkylation sites (N-methyl/N-ethyl adjacent to an activating group) is 1. The average Bonchev–Trinajstić information content (AvgIpc) is 2.72. The molecule has 7 nitrogen and oxygen atoms in total. The molecule has 136 valence electrons. The van der Waals surface area contributed by atoms with Crippen LogP contribution in [0.4, 0.5) is 5.69 Å². The van der Waals surface area contributed by atoms with Gasteiger partial charge in [0.05, 0.1) is 11.9 Å². The van der Waals surface area contributed by atoms with E-state index in [1.807, 2.05) is 18.2 Å². The SMILES string of the molecule is CN(CCc1ccncc1)C(=O)c1ccc(N2CCN(C=O)CC2)cn1. The van der Waals surface area contributed by atoms with Crippen LogP contribution in [-0.4, -0.2) is 71.9 Å². The van der Waals surface area contributed by atoms with Crippen molar-refractivity contribution in [3.05, 3.63) is 54.1 Å². The van der Waals surface area contributed by atoms with E-state index in [2.05, 4.69) is 14.9 Å². The Labute approximate surface area is 153 Å². The summed E-state index contributed by atoms with van der Waals surface area (Å²) in [7, 11) is 1.79. The molecule has 3 rings (SSSR count). The zero-order valence-corrected chi connectivity index (χ0v) is 14.9. The first-order valence-electron chi connectivity index (χ1n) is 8.72. The van der Waals surface area contributed by atoms with Crippen molar-refractivity contribution in [2.75, 3.05) is 44.7 Å². The van der Waals surface area contributed by atoms with E-state index in [0.717, 1.165) is 37.2 Å². The molecule has 0 unspecified atom stereocenters. The number of nitrogens with zero attached hydrogens (tertiary/aromatic N) is 5. The van der Waals surface area contributed by atoms with Gasteiger partial charge in [-0.25, -0.2) is 4.98 Å². The van der Waals surface area contributed by atoms with E-state index >= 15 is 0 Å². The van der Waals surface area contributed by atoms with Gasteiger partial charge in [-0.15, -0.1) is 0 Å². The minimum atomic E-state index is -0.0867. The van der Waals surface area contributed by atoms with Crippen molar-refractivity contribution in [3.63, 3.8) is 0 Å². The van der Waals surface area contributed by atoms with Gasteiger partial charge in [0.15, 0.2) is 0 Å². The summed E-state index contributed by atoms with van der Waals surface area (Å²) in [5.41, 5.74) is 2.57. The van der Waals surface area contributed by atoms with Crippen molar-refractivity contribution < 1.29 is 9.59 Å². The van der Waals surface area contributed by atoms with Gasteiger partial charge in [0, 0.05) is 52.2 Å². The van der Waals surface area contributed by atoms with E-state index < -0.39 is 0 Å². The van der Waals surface area contributed by atoms with Gasteiger partial charge in [0.1, 0.15) is 5.69 Å². The summed E-state index contributed by atoms with van der Waals surface area (Å²) >= 11 is 0. The third-order valence-electron chi connectivity index (χ3n) is 4.63. The Hall–Kier alpha value is -2.96. The lowest BCUT2D eigenvalue weighted by atomic mass is 10.2. The number of hydrogen-bond donors (Lipinski definition) is 0. The van der Waals surface area contributed by atoms with Crippen LogP contribution in [0, 0.1) is 0 Å². The molecule has 0 N–H and O–H groups in total. The predicted molar refractivity (Wildman–Crippen MR) is 99.0 cm³/mol. The van der Waals surface area contributed by atoms with Crippen LogP contribution in [0.1, 0.15) is 16.1 Å². The molecule has 2 amide bonds. The van der Waals surface area contributed by atoms with Crippen LogP contribution in [-0.2, 0) is 11.2 Å². The normalized spacial score (nSPS) is 14.2. The predicted octanol–water partition coefficient (Wildman–Crippen LogP) is 1.07. The maximum atomic E-state index is 12.5. The quantitative estimate of drug-likeness (QED) is 0.727. The van der Waals surface area contributed by atoms with Crippen LogP contribution in [0.25, 0.3) is 0 Å². The number of piperazine rings is 1. The first-order valence-corrected chi connectivity index (χ1v) is 8.72. The van der Waals surface area contributed by atoms with E-state index in [1.165, 1.54) is 0 Å². The highest BCUT2D eigenvalue weighted by atomic mass is 16.2. The van der Waals surface area contributed by atoms with Crippen molar-refractivity contribution in [1.29, 1.82) is 0 Å². The molecule has 7 heteroatoms. The van der Waals surface area contributed by atoms with Crippen molar-refractivity contribution in [3.8, 4) is 0 Å². The molecule has 0 spiro atoms. The Balaban J connectivity index is 1.55. The van der Waals surface area contributed by atoms with Crippen LogP contribution in [0.5, 0.6) is 0 Å². The largest absolute Gasteiger partial charge is 0.367 e. The number of amides is 2. The molecule has 0 aliphatic carbocycles. The van der Waals surface area contributed by atoms with Crippen LogP contribution in [0.3, 0.4) is 0 Å². The van der Waals surface area contributed by atoms with Gasteiger partial charge in [0.25, 0.3) is 5.91 Å². The number of anilines is 1. The molecule has 1 aliphatic rings. The van der Waals surface area contributed by atoms with E-state index in [0.29, 0.717) is 25.3 Å². The number of carbonyl (C=O) groups is 2. The minimum Gasteiger partial charge on any atom is -0.367 e. The monoisotopic (exact) mass is 353 g/mol. The Kier molecular flexibility index (Phi) is 5.78. The molecule has 1 saturated heterocycles.